The number of aromatic carboxylic acids is 1. The number of anilines is 1. The summed E-state index contributed by atoms with van der Waals surface area (Å²) in [6.45, 7) is 1.98. The van der Waals surface area contributed by atoms with Crippen LogP contribution in [0.4, 0.5) is 5.82 Å². The number of carboxylic acids is 1. The highest BCUT2D eigenvalue weighted by molar-refractivity contribution is 5.89. The zero-order valence-corrected chi connectivity index (χ0v) is 10.7. The molecule has 1 aromatic rings. The van der Waals surface area contributed by atoms with Gasteiger partial charge in [-0.05, 0) is 18.6 Å². The quantitative estimate of drug-likeness (QED) is 0.810. The highest BCUT2D eigenvalue weighted by atomic mass is 16.4. The number of amides is 1. The monoisotopic (exact) mass is 251 g/mol. The lowest BCUT2D eigenvalue weighted by molar-refractivity contribution is -0.126. The van der Waals surface area contributed by atoms with Crippen molar-refractivity contribution in [2.45, 2.75) is 13.3 Å². The molecule has 1 aromatic heterocycles. The van der Waals surface area contributed by atoms with E-state index in [1.807, 2.05) is 6.92 Å². The molecule has 2 N–H and O–H groups in total. The van der Waals surface area contributed by atoms with Gasteiger partial charge in [0.15, 0.2) is 0 Å². The van der Waals surface area contributed by atoms with Crippen LogP contribution in [0.25, 0.3) is 0 Å². The number of nitrogens with zero attached hydrogens (tertiary/aromatic N) is 2. The minimum absolute atomic E-state index is 0.0895. The molecule has 1 heterocycles. The predicted octanol–water partition coefficient (Wildman–Crippen LogP) is 0.842. The first-order chi connectivity index (χ1) is 8.43. The van der Waals surface area contributed by atoms with Gasteiger partial charge in [-0.1, -0.05) is 6.92 Å². The second-order valence-electron chi connectivity index (χ2n) is 4.03. The van der Waals surface area contributed by atoms with E-state index in [4.69, 9.17) is 5.11 Å². The molecule has 0 spiro atoms. The Labute approximate surface area is 106 Å². The third-order valence-corrected chi connectivity index (χ3v) is 2.41. The largest absolute Gasteiger partial charge is 0.478 e. The van der Waals surface area contributed by atoms with E-state index in [2.05, 4.69) is 10.3 Å². The molecule has 1 amide bonds. The molecular weight excluding hydrogens is 234 g/mol. The zero-order valence-electron chi connectivity index (χ0n) is 10.7. The van der Waals surface area contributed by atoms with Gasteiger partial charge >= 0.3 is 5.97 Å². The SMILES string of the molecule is CCc1cc(C(=O)O)cc(NCC(=O)N(C)C)n1. The minimum atomic E-state index is -1.01. The molecule has 0 bridgehead atoms. The summed E-state index contributed by atoms with van der Waals surface area (Å²) in [5.74, 6) is -0.702. The lowest BCUT2D eigenvalue weighted by atomic mass is 10.2. The van der Waals surface area contributed by atoms with Crippen molar-refractivity contribution < 1.29 is 14.7 Å². The molecule has 0 aliphatic heterocycles. The summed E-state index contributed by atoms with van der Waals surface area (Å²) >= 11 is 0. The topological polar surface area (TPSA) is 82.5 Å². The van der Waals surface area contributed by atoms with E-state index in [-0.39, 0.29) is 18.0 Å². The third kappa shape index (κ3) is 3.73. The zero-order chi connectivity index (χ0) is 13.7. The highest BCUT2D eigenvalue weighted by Crippen LogP contribution is 2.11. The van der Waals surface area contributed by atoms with Gasteiger partial charge in [0.05, 0.1) is 12.1 Å². The Morgan fingerprint density at radius 2 is 2.06 bits per heavy atom. The van der Waals surface area contributed by atoms with Crippen molar-refractivity contribution in [2.24, 2.45) is 0 Å². The van der Waals surface area contributed by atoms with Crippen LogP contribution in [0.3, 0.4) is 0 Å². The summed E-state index contributed by atoms with van der Waals surface area (Å²) in [6, 6.07) is 2.95. The number of pyridine rings is 1. The Kier molecular flexibility index (Phi) is 4.65. The number of nitrogens with one attached hydrogen (secondary N) is 1. The lowest BCUT2D eigenvalue weighted by Gasteiger charge is -2.12. The molecule has 0 atom stereocenters. The van der Waals surface area contributed by atoms with E-state index in [1.54, 1.807) is 14.1 Å². The fourth-order valence-electron chi connectivity index (χ4n) is 1.31. The van der Waals surface area contributed by atoms with Gasteiger partial charge in [0.2, 0.25) is 5.91 Å². The second-order valence-corrected chi connectivity index (χ2v) is 4.03. The van der Waals surface area contributed by atoms with Gasteiger partial charge in [-0.3, -0.25) is 4.79 Å². The average Bonchev–Trinajstić information content (AvgIpc) is 2.35. The molecule has 0 unspecified atom stereocenters. The number of hydrogen-bond donors (Lipinski definition) is 2. The molecule has 6 heteroatoms. The van der Waals surface area contributed by atoms with E-state index in [1.165, 1.54) is 17.0 Å². The summed E-state index contributed by atoms with van der Waals surface area (Å²) in [5.41, 5.74) is 0.844. The molecule has 98 valence electrons. The van der Waals surface area contributed by atoms with Gasteiger partial charge < -0.3 is 15.3 Å². The number of aromatic nitrogens is 1. The van der Waals surface area contributed by atoms with Crippen LogP contribution >= 0.6 is 0 Å². The normalized spacial score (nSPS) is 9.94. The number of hydrogen-bond acceptors (Lipinski definition) is 4. The number of likely N-dealkylation sites (N-methyl/N-ethyl adjacent to an activating group) is 1. The molecule has 18 heavy (non-hydrogen) atoms. The number of rotatable bonds is 5. The molecular formula is C12H17N3O3. The van der Waals surface area contributed by atoms with Gasteiger partial charge in [-0.25, -0.2) is 9.78 Å². The Balaban J connectivity index is 2.85. The summed E-state index contributed by atoms with van der Waals surface area (Å²) in [7, 11) is 3.31. The maximum Gasteiger partial charge on any atom is 0.335 e. The van der Waals surface area contributed by atoms with Crippen molar-refractivity contribution in [3.63, 3.8) is 0 Å². The van der Waals surface area contributed by atoms with E-state index < -0.39 is 5.97 Å². The van der Waals surface area contributed by atoms with Crippen LogP contribution in [-0.4, -0.2) is 47.5 Å². The third-order valence-electron chi connectivity index (χ3n) is 2.41. The summed E-state index contributed by atoms with van der Waals surface area (Å²) < 4.78 is 0. The first-order valence-electron chi connectivity index (χ1n) is 5.62. The van der Waals surface area contributed by atoms with Gasteiger partial charge in [-0.2, -0.15) is 0 Å². The first kappa shape index (κ1) is 14.0. The number of carbonyl (C=O) groups excluding carboxylic acids is 1. The second kappa shape index (κ2) is 6.00. The predicted molar refractivity (Wildman–Crippen MR) is 67.8 cm³/mol. The number of carbonyl (C=O) groups is 2. The van der Waals surface area contributed by atoms with Crippen LogP contribution in [0.5, 0.6) is 0 Å². The Hall–Kier alpha value is -2.11. The van der Waals surface area contributed by atoms with E-state index >= 15 is 0 Å². The maximum atomic E-state index is 11.4. The fourth-order valence-corrected chi connectivity index (χ4v) is 1.31. The molecule has 0 saturated heterocycles. The molecule has 0 radical (unpaired) electrons. The van der Waals surface area contributed by atoms with Crippen molar-refractivity contribution in [2.75, 3.05) is 26.0 Å². The Bertz CT molecular complexity index is 458. The Morgan fingerprint density at radius 3 is 2.56 bits per heavy atom. The maximum absolute atomic E-state index is 11.4. The molecule has 0 aliphatic rings. The van der Waals surface area contributed by atoms with E-state index in [9.17, 15) is 9.59 Å². The van der Waals surface area contributed by atoms with Crippen LogP contribution < -0.4 is 5.32 Å². The number of aryl methyl sites for hydroxylation is 1. The molecule has 6 nitrogen and oxygen atoms in total. The van der Waals surface area contributed by atoms with Crippen LogP contribution in [0.15, 0.2) is 12.1 Å². The molecule has 1 rings (SSSR count). The van der Waals surface area contributed by atoms with Crippen LogP contribution in [0.2, 0.25) is 0 Å². The van der Waals surface area contributed by atoms with Gasteiger partial charge in [-0.15, -0.1) is 0 Å². The number of carboxylic acid groups (broad SMARTS) is 1. The first-order valence-corrected chi connectivity index (χ1v) is 5.62. The summed E-state index contributed by atoms with van der Waals surface area (Å²) in [4.78, 5) is 28.0. The van der Waals surface area contributed by atoms with Gasteiger partial charge in [0.1, 0.15) is 5.82 Å². The summed E-state index contributed by atoms with van der Waals surface area (Å²) in [5, 5.41) is 11.8. The van der Waals surface area contributed by atoms with Crippen molar-refractivity contribution in [1.29, 1.82) is 0 Å². The van der Waals surface area contributed by atoms with E-state index in [0.29, 0.717) is 17.9 Å². The fraction of sp³-hybridized carbons (Fsp3) is 0.417. The summed E-state index contributed by atoms with van der Waals surface area (Å²) in [6.07, 6.45) is 0.636. The minimum Gasteiger partial charge on any atom is -0.478 e. The van der Waals surface area contributed by atoms with E-state index in [0.717, 1.165) is 0 Å². The smallest absolute Gasteiger partial charge is 0.335 e. The van der Waals surface area contributed by atoms with Gasteiger partial charge in [0, 0.05) is 19.8 Å². The molecule has 0 aliphatic carbocycles. The van der Waals surface area contributed by atoms with Gasteiger partial charge in [0.25, 0.3) is 0 Å². The highest BCUT2D eigenvalue weighted by Gasteiger charge is 2.09. The molecule has 0 saturated carbocycles. The Morgan fingerprint density at radius 1 is 1.39 bits per heavy atom. The lowest BCUT2D eigenvalue weighted by Crippen LogP contribution is -2.28. The van der Waals surface area contributed by atoms with Crippen LogP contribution in [-0.2, 0) is 11.2 Å². The van der Waals surface area contributed by atoms with Crippen molar-refractivity contribution in [1.82, 2.24) is 9.88 Å². The van der Waals surface area contributed by atoms with Crippen molar-refractivity contribution >= 4 is 17.7 Å². The molecule has 0 aromatic carbocycles. The van der Waals surface area contributed by atoms with Crippen molar-refractivity contribution in [3.05, 3.63) is 23.4 Å². The van der Waals surface area contributed by atoms with Crippen LogP contribution in [0, 0.1) is 0 Å². The van der Waals surface area contributed by atoms with Crippen LogP contribution in [0.1, 0.15) is 23.0 Å². The standard InChI is InChI=1S/C12H17N3O3/c1-4-9-5-8(12(17)18)6-10(14-9)13-7-11(16)15(2)3/h5-6H,4,7H2,1-3H3,(H,13,14)(H,17,18). The average molecular weight is 251 g/mol. The molecule has 0 fully saturated rings. The van der Waals surface area contributed by atoms with Crippen molar-refractivity contribution in [3.8, 4) is 0 Å².